The van der Waals surface area contributed by atoms with Gasteiger partial charge < -0.3 is 14.6 Å². The van der Waals surface area contributed by atoms with Crippen LogP contribution in [-0.2, 0) is 4.74 Å². The average Bonchev–Trinajstić information content (AvgIpc) is 3.10. The van der Waals surface area contributed by atoms with E-state index in [1.54, 1.807) is 0 Å². The molecule has 0 amide bonds. The standard InChI is InChI=1S/C15H25N3O/c1-12(14-8-5-11-19-14)18-10-9-16-15(18)17-13-6-3-2-4-7-13/h9-10,12-14H,2-8,11H2,1H3,(H,16,17). The lowest BCUT2D eigenvalue weighted by molar-refractivity contribution is 0.0738. The van der Waals surface area contributed by atoms with Crippen LogP contribution in [-0.4, -0.2) is 28.3 Å². The zero-order valence-corrected chi connectivity index (χ0v) is 11.8. The van der Waals surface area contributed by atoms with Gasteiger partial charge in [-0.25, -0.2) is 4.98 Å². The number of hydrogen-bond donors (Lipinski definition) is 1. The summed E-state index contributed by atoms with van der Waals surface area (Å²) in [6.45, 7) is 3.15. The molecule has 106 valence electrons. The lowest BCUT2D eigenvalue weighted by atomic mass is 9.96. The first kappa shape index (κ1) is 13.0. The van der Waals surface area contributed by atoms with E-state index in [9.17, 15) is 0 Å². The molecular formula is C15H25N3O. The van der Waals surface area contributed by atoms with Gasteiger partial charge in [0.2, 0.25) is 5.95 Å². The molecule has 2 unspecified atom stereocenters. The predicted molar refractivity (Wildman–Crippen MR) is 76.4 cm³/mol. The number of aromatic nitrogens is 2. The maximum absolute atomic E-state index is 5.81. The zero-order valence-electron chi connectivity index (χ0n) is 11.8. The van der Waals surface area contributed by atoms with Crippen molar-refractivity contribution in [2.24, 2.45) is 0 Å². The quantitative estimate of drug-likeness (QED) is 0.905. The highest BCUT2D eigenvalue weighted by Gasteiger charge is 2.25. The Kier molecular flexibility index (Phi) is 4.06. The molecule has 1 aromatic rings. The molecular weight excluding hydrogens is 238 g/mol. The largest absolute Gasteiger partial charge is 0.376 e. The molecule has 1 saturated carbocycles. The molecule has 4 nitrogen and oxygen atoms in total. The van der Waals surface area contributed by atoms with Gasteiger partial charge in [-0.3, -0.25) is 0 Å². The molecule has 4 heteroatoms. The monoisotopic (exact) mass is 263 g/mol. The van der Waals surface area contributed by atoms with E-state index in [0.717, 1.165) is 12.6 Å². The maximum atomic E-state index is 5.81. The molecule has 1 N–H and O–H groups in total. The Hall–Kier alpha value is -1.03. The Balaban J connectivity index is 1.66. The summed E-state index contributed by atoms with van der Waals surface area (Å²) in [4.78, 5) is 4.50. The second kappa shape index (κ2) is 5.95. The third kappa shape index (κ3) is 2.94. The molecule has 1 aliphatic carbocycles. The molecule has 0 bridgehead atoms. The average molecular weight is 263 g/mol. The molecule has 19 heavy (non-hydrogen) atoms. The van der Waals surface area contributed by atoms with Gasteiger partial charge in [0.1, 0.15) is 0 Å². The molecule has 0 spiro atoms. The lowest BCUT2D eigenvalue weighted by Gasteiger charge is -2.26. The minimum absolute atomic E-state index is 0.348. The molecule has 2 heterocycles. The van der Waals surface area contributed by atoms with E-state index in [-0.39, 0.29) is 0 Å². The van der Waals surface area contributed by atoms with Crippen LogP contribution in [0, 0.1) is 0 Å². The molecule has 3 rings (SSSR count). The number of imidazole rings is 1. The summed E-state index contributed by atoms with van der Waals surface area (Å²) in [5, 5.41) is 3.63. The van der Waals surface area contributed by atoms with Crippen molar-refractivity contribution in [3.63, 3.8) is 0 Å². The maximum Gasteiger partial charge on any atom is 0.203 e. The summed E-state index contributed by atoms with van der Waals surface area (Å²) < 4.78 is 8.06. The van der Waals surface area contributed by atoms with Crippen LogP contribution in [0.1, 0.15) is 57.9 Å². The minimum Gasteiger partial charge on any atom is -0.376 e. The van der Waals surface area contributed by atoms with Gasteiger partial charge in [0.25, 0.3) is 0 Å². The van der Waals surface area contributed by atoms with Gasteiger partial charge in [-0.05, 0) is 32.6 Å². The van der Waals surface area contributed by atoms with Gasteiger partial charge in [0, 0.05) is 25.0 Å². The van der Waals surface area contributed by atoms with Crippen molar-refractivity contribution < 1.29 is 4.74 Å². The summed E-state index contributed by atoms with van der Waals surface area (Å²) in [7, 11) is 0. The predicted octanol–water partition coefficient (Wildman–Crippen LogP) is 3.37. The van der Waals surface area contributed by atoms with Crippen LogP contribution in [0.4, 0.5) is 5.95 Å². The summed E-state index contributed by atoms with van der Waals surface area (Å²) >= 11 is 0. The number of ether oxygens (including phenoxy) is 1. The van der Waals surface area contributed by atoms with Crippen molar-refractivity contribution in [2.75, 3.05) is 11.9 Å². The van der Waals surface area contributed by atoms with E-state index >= 15 is 0 Å². The summed E-state index contributed by atoms with van der Waals surface area (Å²) in [6.07, 6.45) is 13.3. The normalized spacial score (nSPS) is 26.5. The number of hydrogen-bond acceptors (Lipinski definition) is 3. The van der Waals surface area contributed by atoms with Crippen molar-refractivity contribution in [1.82, 2.24) is 9.55 Å². The van der Waals surface area contributed by atoms with Crippen LogP contribution in [0.5, 0.6) is 0 Å². The van der Waals surface area contributed by atoms with E-state index in [1.807, 2.05) is 6.20 Å². The van der Waals surface area contributed by atoms with Gasteiger partial charge >= 0.3 is 0 Å². The second-order valence-corrected chi connectivity index (χ2v) is 5.93. The van der Waals surface area contributed by atoms with Crippen molar-refractivity contribution in [1.29, 1.82) is 0 Å². The van der Waals surface area contributed by atoms with Crippen LogP contribution < -0.4 is 5.32 Å². The highest BCUT2D eigenvalue weighted by Crippen LogP contribution is 2.28. The second-order valence-electron chi connectivity index (χ2n) is 5.93. The van der Waals surface area contributed by atoms with Gasteiger partial charge in [0.05, 0.1) is 12.1 Å². The van der Waals surface area contributed by atoms with Gasteiger partial charge in [-0.15, -0.1) is 0 Å². The van der Waals surface area contributed by atoms with Crippen molar-refractivity contribution >= 4 is 5.95 Å². The molecule has 0 aromatic carbocycles. The van der Waals surface area contributed by atoms with E-state index in [0.29, 0.717) is 18.2 Å². The Labute approximate surface area is 115 Å². The van der Waals surface area contributed by atoms with Crippen LogP contribution in [0.3, 0.4) is 0 Å². The first-order valence-electron chi connectivity index (χ1n) is 7.75. The first-order chi connectivity index (χ1) is 9.34. The molecule has 1 saturated heterocycles. The highest BCUT2D eigenvalue weighted by atomic mass is 16.5. The smallest absolute Gasteiger partial charge is 0.203 e. The van der Waals surface area contributed by atoms with Crippen LogP contribution in [0.2, 0.25) is 0 Å². The van der Waals surface area contributed by atoms with E-state index in [4.69, 9.17) is 4.74 Å². The molecule has 2 fully saturated rings. The van der Waals surface area contributed by atoms with Gasteiger partial charge in [-0.2, -0.15) is 0 Å². The van der Waals surface area contributed by atoms with Crippen molar-refractivity contribution in [3.8, 4) is 0 Å². The fraction of sp³-hybridized carbons (Fsp3) is 0.800. The number of anilines is 1. The van der Waals surface area contributed by atoms with Crippen LogP contribution in [0.25, 0.3) is 0 Å². The highest BCUT2D eigenvalue weighted by molar-refractivity contribution is 5.28. The van der Waals surface area contributed by atoms with Gasteiger partial charge in [-0.1, -0.05) is 19.3 Å². The van der Waals surface area contributed by atoms with E-state index in [1.165, 1.54) is 44.9 Å². The topological polar surface area (TPSA) is 39.1 Å². The lowest BCUT2D eigenvalue weighted by Crippen LogP contribution is -2.27. The van der Waals surface area contributed by atoms with Crippen LogP contribution in [0.15, 0.2) is 12.4 Å². The number of nitrogens with one attached hydrogen (secondary N) is 1. The van der Waals surface area contributed by atoms with Crippen molar-refractivity contribution in [2.45, 2.75) is 70.1 Å². The Morgan fingerprint density at radius 3 is 2.84 bits per heavy atom. The molecule has 0 radical (unpaired) electrons. The Bertz CT molecular complexity index is 392. The number of rotatable bonds is 4. The van der Waals surface area contributed by atoms with E-state index in [2.05, 4.69) is 28.0 Å². The SMILES string of the molecule is CC(C1CCCO1)n1ccnc1NC1CCCCC1. The summed E-state index contributed by atoms with van der Waals surface area (Å²) in [6, 6.07) is 0.975. The third-order valence-corrected chi connectivity index (χ3v) is 4.55. The summed E-state index contributed by atoms with van der Waals surface area (Å²) in [5.41, 5.74) is 0. The Morgan fingerprint density at radius 2 is 2.11 bits per heavy atom. The molecule has 2 atom stereocenters. The fourth-order valence-corrected chi connectivity index (χ4v) is 3.35. The third-order valence-electron chi connectivity index (χ3n) is 4.55. The number of nitrogens with zero attached hydrogens (tertiary/aromatic N) is 2. The minimum atomic E-state index is 0.348. The fourth-order valence-electron chi connectivity index (χ4n) is 3.35. The first-order valence-corrected chi connectivity index (χ1v) is 7.75. The molecule has 1 aliphatic heterocycles. The summed E-state index contributed by atoms with van der Waals surface area (Å²) in [5.74, 6) is 1.02. The van der Waals surface area contributed by atoms with Crippen LogP contribution >= 0.6 is 0 Å². The van der Waals surface area contributed by atoms with E-state index < -0.39 is 0 Å². The van der Waals surface area contributed by atoms with Gasteiger partial charge in [0.15, 0.2) is 0 Å². The zero-order chi connectivity index (χ0) is 13.1. The molecule has 2 aliphatic rings. The Morgan fingerprint density at radius 1 is 1.26 bits per heavy atom. The van der Waals surface area contributed by atoms with Crippen molar-refractivity contribution in [3.05, 3.63) is 12.4 Å². The molecule has 1 aromatic heterocycles.